The molecule has 0 bridgehead atoms. The summed E-state index contributed by atoms with van der Waals surface area (Å²) in [5.74, 6) is 0.960. The van der Waals surface area contributed by atoms with Crippen LogP contribution in [0.4, 0.5) is 0 Å². The molecule has 30 heavy (non-hydrogen) atoms. The van der Waals surface area contributed by atoms with Crippen LogP contribution in [0.5, 0.6) is 11.5 Å². The fraction of sp³-hybridized carbons (Fsp3) is 0.346. The predicted molar refractivity (Wildman–Crippen MR) is 125 cm³/mol. The molecule has 0 atom stereocenters. The second-order valence-electron chi connectivity index (χ2n) is 7.36. The van der Waals surface area contributed by atoms with Gasteiger partial charge in [0.25, 0.3) is 0 Å². The van der Waals surface area contributed by atoms with Crippen LogP contribution in [-0.4, -0.2) is 12.6 Å². The number of rotatable bonds is 11. The monoisotopic (exact) mass is 422 g/mol. The van der Waals surface area contributed by atoms with E-state index in [1.165, 1.54) is 35.4 Å². The summed E-state index contributed by atoms with van der Waals surface area (Å²) in [5.41, 5.74) is 1.67. The van der Waals surface area contributed by atoms with Crippen molar-refractivity contribution >= 4 is 17.3 Å². The van der Waals surface area contributed by atoms with E-state index in [-0.39, 0.29) is 5.97 Å². The second kappa shape index (κ2) is 11.6. The van der Waals surface area contributed by atoms with E-state index in [4.69, 9.17) is 9.47 Å². The summed E-state index contributed by atoms with van der Waals surface area (Å²) in [6.07, 6.45) is 6.95. The third-order valence-corrected chi connectivity index (χ3v) is 6.09. The van der Waals surface area contributed by atoms with E-state index in [1.54, 1.807) is 12.1 Å². The lowest BCUT2D eigenvalue weighted by molar-refractivity contribution is 0.0734. The number of carbonyl (C=O) groups is 1. The van der Waals surface area contributed by atoms with Crippen LogP contribution in [0.15, 0.2) is 60.7 Å². The minimum absolute atomic E-state index is 0.354. The maximum absolute atomic E-state index is 12.5. The van der Waals surface area contributed by atoms with Gasteiger partial charge in [-0.25, -0.2) is 4.79 Å². The van der Waals surface area contributed by atoms with E-state index in [1.807, 2.05) is 47.7 Å². The Morgan fingerprint density at radius 1 is 0.800 bits per heavy atom. The Morgan fingerprint density at radius 2 is 1.50 bits per heavy atom. The van der Waals surface area contributed by atoms with Crippen molar-refractivity contribution in [1.29, 1.82) is 0 Å². The Morgan fingerprint density at radius 3 is 2.20 bits per heavy atom. The van der Waals surface area contributed by atoms with Gasteiger partial charge in [0.1, 0.15) is 11.5 Å². The molecule has 3 rings (SSSR count). The summed E-state index contributed by atoms with van der Waals surface area (Å²) in [6, 6.07) is 19.2. The van der Waals surface area contributed by atoms with Crippen molar-refractivity contribution in [2.24, 2.45) is 0 Å². The molecule has 2 aromatic carbocycles. The molecule has 158 valence electrons. The van der Waals surface area contributed by atoms with Crippen molar-refractivity contribution in [3.63, 3.8) is 0 Å². The lowest BCUT2D eigenvalue weighted by Crippen LogP contribution is -2.08. The topological polar surface area (TPSA) is 35.5 Å². The van der Waals surface area contributed by atoms with Gasteiger partial charge in [0.05, 0.1) is 12.2 Å². The quantitative estimate of drug-likeness (QED) is 0.182. The number of thiophene rings is 1. The van der Waals surface area contributed by atoms with Gasteiger partial charge in [-0.15, -0.1) is 11.3 Å². The molecule has 0 aliphatic rings. The first-order chi connectivity index (χ1) is 14.7. The third-order valence-electron chi connectivity index (χ3n) is 4.89. The molecule has 0 unspecified atom stereocenters. The first-order valence-electron chi connectivity index (χ1n) is 10.8. The molecular formula is C26H30O3S. The van der Waals surface area contributed by atoms with Crippen molar-refractivity contribution in [3.8, 4) is 21.9 Å². The van der Waals surface area contributed by atoms with Crippen LogP contribution >= 0.6 is 11.3 Å². The van der Waals surface area contributed by atoms with Gasteiger partial charge in [0, 0.05) is 9.75 Å². The molecule has 0 aliphatic heterocycles. The molecule has 0 fully saturated rings. The lowest BCUT2D eigenvalue weighted by Gasteiger charge is -2.08. The van der Waals surface area contributed by atoms with Crippen molar-refractivity contribution in [3.05, 3.63) is 71.1 Å². The van der Waals surface area contributed by atoms with Gasteiger partial charge >= 0.3 is 5.97 Å². The Kier molecular flexibility index (Phi) is 8.52. The summed E-state index contributed by atoms with van der Waals surface area (Å²) in [4.78, 5) is 15.1. The van der Waals surface area contributed by atoms with Gasteiger partial charge in [-0.05, 0) is 73.4 Å². The maximum atomic E-state index is 12.5. The van der Waals surface area contributed by atoms with Crippen LogP contribution in [0.25, 0.3) is 10.4 Å². The molecule has 0 aliphatic carbocycles. The number of hydrogen-bond acceptors (Lipinski definition) is 4. The number of aryl methyl sites for hydroxylation is 1. The van der Waals surface area contributed by atoms with E-state index in [2.05, 4.69) is 26.0 Å². The van der Waals surface area contributed by atoms with Crippen molar-refractivity contribution in [1.82, 2.24) is 0 Å². The average molecular weight is 423 g/mol. The molecule has 0 N–H and O–H groups in total. The van der Waals surface area contributed by atoms with Crippen LogP contribution in [0.2, 0.25) is 0 Å². The first kappa shape index (κ1) is 22.1. The summed E-state index contributed by atoms with van der Waals surface area (Å²) in [7, 11) is 0. The molecule has 1 heterocycles. The van der Waals surface area contributed by atoms with Crippen LogP contribution < -0.4 is 9.47 Å². The molecular weight excluding hydrogens is 392 g/mol. The Balaban J connectivity index is 1.55. The molecule has 3 aromatic rings. The fourth-order valence-electron chi connectivity index (χ4n) is 3.10. The Hall–Kier alpha value is -2.59. The van der Waals surface area contributed by atoms with E-state index in [9.17, 15) is 4.79 Å². The molecule has 0 spiro atoms. The first-order valence-corrected chi connectivity index (χ1v) is 11.7. The zero-order valence-electron chi connectivity index (χ0n) is 17.9. The lowest BCUT2D eigenvalue weighted by atomic mass is 10.1. The van der Waals surface area contributed by atoms with Crippen LogP contribution in [0.3, 0.4) is 0 Å². The minimum Gasteiger partial charge on any atom is -0.494 e. The van der Waals surface area contributed by atoms with Gasteiger partial charge < -0.3 is 9.47 Å². The molecule has 0 saturated heterocycles. The minimum atomic E-state index is -0.354. The zero-order valence-corrected chi connectivity index (χ0v) is 18.7. The zero-order chi connectivity index (χ0) is 21.2. The third kappa shape index (κ3) is 6.46. The number of benzene rings is 2. The Labute approximate surface area is 183 Å². The molecule has 1 aromatic heterocycles. The highest BCUT2D eigenvalue weighted by Crippen LogP contribution is 2.29. The van der Waals surface area contributed by atoms with E-state index in [0.717, 1.165) is 24.2 Å². The van der Waals surface area contributed by atoms with Gasteiger partial charge in [0.15, 0.2) is 0 Å². The van der Waals surface area contributed by atoms with Crippen molar-refractivity contribution in [2.75, 3.05) is 6.61 Å². The SMILES string of the molecule is CCCCCOc1ccc(OC(=O)c2ccc(-c3ccc(CCCC)s3)cc2)cc1. The average Bonchev–Trinajstić information content (AvgIpc) is 3.25. The predicted octanol–water partition coefficient (Wildman–Crippen LogP) is 7.55. The van der Waals surface area contributed by atoms with Gasteiger partial charge in [0.2, 0.25) is 0 Å². The smallest absolute Gasteiger partial charge is 0.343 e. The summed E-state index contributed by atoms with van der Waals surface area (Å²) < 4.78 is 11.2. The highest BCUT2D eigenvalue weighted by Gasteiger charge is 2.10. The van der Waals surface area contributed by atoms with Gasteiger partial charge in [-0.1, -0.05) is 45.2 Å². The highest BCUT2D eigenvalue weighted by atomic mass is 32.1. The number of esters is 1. The van der Waals surface area contributed by atoms with E-state index >= 15 is 0 Å². The van der Waals surface area contributed by atoms with E-state index in [0.29, 0.717) is 17.9 Å². The molecule has 0 amide bonds. The normalized spacial score (nSPS) is 10.7. The van der Waals surface area contributed by atoms with Gasteiger partial charge in [-0.2, -0.15) is 0 Å². The number of ether oxygens (including phenoxy) is 2. The van der Waals surface area contributed by atoms with Crippen molar-refractivity contribution < 1.29 is 14.3 Å². The summed E-state index contributed by atoms with van der Waals surface area (Å²) in [6.45, 7) is 5.09. The van der Waals surface area contributed by atoms with E-state index < -0.39 is 0 Å². The largest absolute Gasteiger partial charge is 0.494 e. The Bertz CT molecular complexity index is 910. The highest BCUT2D eigenvalue weighted by molar-refractivity contribution is 7.15. The number of hydrogen-bond donors (Lipinski definition) is 0. The maximum Gasteiger partial charge on any atom is 0.343 e. The van der Waals surface area contributed by atoms with Crippen LogP contribution in [0.1, 0.15) is 61.2 Å². The molecule has 0 saturated carbocycles. The van der Waals surface area contributed by atoms with Crippen LogP contribution in [0, 0.1) is 0 Å². The molecule has 3 nitrogen and oxygen atoms in total. The summed E-state index contributed by atoms with van der Waals surface area (Å²) >= 11 is 1.82. The molecule has 0 radical (unpaired) electrons. The van der Waals surface area contributed by atoms with Crippen molar-refractivity contribution in [2.45, 2.75) is 52.4 Å². The standard InChI is InChI=1S/C26H30O3S/c1-3-5-7-19-28-22-13-15-23(16-14-22)29-26(27)21-11-9-20(10-12-21)25-18-17-24(30-25)8-6-4-2/h9-18H,3-8,19H2,1-2H3. The molecule has 4 heteroatoms. The number of carbonyl (C=O) groups excluding carboxylic acids is 1. The fourth-order valence-corrected chi connectivity index (χ4v) is 4.16. The van der Waals surface area contributed by atoms with Gasteiger partial charge in [-0.3, -0.25) is 0 Å². The second-order valence-corrected chi connectivity index (χ2v) is 8.53. The van der Waals surface area contributed by atoms with Crippen LogP contribution in [-0.2, 0) is 6.42 Å². The summed E-state index contributed by atoms with van der Waals surface area (Å²) in [5, 5.41) is 0. The number of unbranched alkanes of at least 4 members (excludes halogenated alkanes) is 3.